The number of halogens is 3. The number of nitrogens with zero attached hydrogens (tertiary/aromatic N) is 4. The fourth-order valence-corrected chi connectivity index (χ4v) is 4.37. The van der Waals surface area contributed by atoms with E-state index < -0.39 is 36.4 Å². The molecular formula is C21H34F3N5O3. The molecule has 1 unspecified atom stereocenters. The minimum atomic E-state index is -4.66. The molecule has 3 rings (SSSR count). The van der Waals surface area contributed by atoms with Crippen molar-refractivity contribution in [3.05, 3.63) is 18.1 Å². The molecule has 2 aliphatic heterocycles. The summed E-state index contributed by atoms with van der Waals surface area (Å²) in [7, 11) is 0. The molecule has 2 saturated heterocycles. The van der Waals surface area contributed by atoms with E-state index in [0.717, 1.165) is 38.9 Å². The third kappa shape index (κ3) is 6.74. The smallest absolute Gasteiger partial charge is 0.388 e. The monoisotopic (exact) mass is 461 g/mol. The van der Waals surface area contributed by atoms with Gasteiger partial charge in [-0.05, 0) is 18.4 Å². The Morgan fingerprint density at radius 1 is 1.19 bits per heavy atom. The molecule has 2 aliphatic rings. The maximum Gasteiger partial charge on any atom is 0.451 e. The molecule has 0 saturated carbocycles. The Balaban J connectivity index is 1.47. The van der Waals surface area contributed by atoms with Gasteiger partial charge in [0.05, 0.1) is 18.8 Å². The number of hydrogen-bond donors (Lipinski definition) is 3. The maximum absolute atomic E-state index is 12.8. The van der Waals surface area contributed by atoms with E-state index in [2.05, 4.69) is 38.9 Å². The Labute approximate surface area is 186 Å². The first-order valence-electron chi connectivity index (χ1n) is 11.3. The van der Waals surface area contributed by atoms with Gasteiger partial charge in [-0.2, -0.15) is 13.2 Å². The van der Waals surface area contributed by atoms with E-state index in [1.165, 1.54) is 18.9 Å². The molecule has 0 bridgehead atoms. The van der Waals surface area contributed by atoms with E-state index in [9.17, 15) is 23.4 Å². The first kappa shape index (κ1) is 25.1. The van der Waals surface area contributed by atoms with Crippen LogP contribution in [0.5, 0.6) is 0 Å². The normalized spacial score (nSPS) is 29.1. The Bertz CT molecular complexity index is 718. The van der Waals surface area contributed by atoms with Crippen molar-refractivity contribution in [1.29, 1.82) is 0 Å². The topological polar surface area (TPSA) is 94.0 Å². The summed E-state index contributed by atoms with van der Waals surface area (Å²) in [5, 5.41) is 23.8. The highest BCUT2D eigenvalue weighted by Crippen LogP contribution is 2.27. The van der Waals surface area contributed by atoms with Crippen LogP contribution in [0.1, 0.15) is 32.5 Å². The minimum absolute atomic E-state index is 0.0444. The summed E-state index contributed by atoms with van der Waals surface area (Å²) in [5.74, 6) is -0.675. The van der Waals surface area contributed by atoms with Crippen molar-refractivity contribution in [2.24, 2.45) is 5.92 Å². The number of piperazine rings is 1. The fourth-order valence-electron chi connectivity index (χ4n) is 4.37. The third-order valence-corrected chi connectivity index (χ3v) is 6.13. The average molecular weight is 462 g/mol. The molecule has 182 valence electrons. The highest BCUT2D eigenvalue weighted by molar-refractivity contribution is 5.35. The zero-order valence-corrected chi connectivity index (χ0v) is 18.6. The van der Waals surface area contributed by atoms with Crippen LogP contribution in [0.2, 0.25) is 0 Å². The lowest BCUT2D eigenvalue weighted by molar-refractivity contribution is -0.148. The maximum atomic E-state index is 12.8. The highest BCUT2D eigenvalue weighted by Gasteiger charge is 2.40. The molecule has 11 heteroatoms. The van der Waals surface area contributed by atoms with Gasteiger partial charge in [-0.3, -0.25) is 4.90 Å². The van der Waals surface area contributed by atoms with E-state index in [0.29, 0.717) is 12.5 Å². The number of aromatic nitrogens is 2. The molecule has 0 aliphatic carbocycles. The molecule has 1 aromatic heterocycles. The average Bonchev–Trinajstić information content (AvgIpc) is 2.74. The van der Waals surface area contributed by atoms with Gasteiger partial charge in [0.1, 0.15) is 18.0 Å². The van der Waals surface area contributed by atoms with E-state index >= 15 is 0 Å². The van der Waals surface area contributed by atoms with Crippen molar-refractivity contribution in [1.82, 2.24) is 19.8 Å². The zero-order chi connectivity index (χ0) is 23.3. The molecular weight excluding hydrogens is 427 g/mol. The van der Waals surface area contributed by atoms with Crippen LogP contribution in [0.3, 0.4) is 0 Å². The number of hydrogen-bond acceptors (Lipinski definition) is 8. The van der Waals surface area contributed by atoms with Gasteiger partial charge in [-0.25, -0.2) is 9.97 Å². The van der Waals surface area contributed by atoms with E-state index in [4.69, 9.17) is 4.74 Å². The van der Waals surface area contributed by atoms with Gasteiger partial charge in [0.15, 0.2) is 0 Å². The summed E-state index contributed by atoms with van der Waals surface area (Å²) in [5.41, 5.74) is 0. The van der Waals surface area contributed by atoms with Gasteiger partial charge in [0.25, 0.3) is 0 Å². The van der Waals surface area contributed by atoms with Crippen molar-refractivity contribution in [2.75, 3.05) is 51.2 Å². The van der Waals surface area contributed by atoms with Gasteiger partial charge < -0.3 is 25.2 Å². The van der Waals surface area contributed by atoms with Crippen molar-refractivity contribution >= 4 is 5.82 Å². The molecule has 1 aromatic rings. The molecule has 32 heavy (non-hydrogen) atoms. The van der Waals surface area contributed by atoms with Gasteiger partial charge in [0.2, 0.25) is 5.82 Å². The number of nitrogens with one attached hydrogen (secondary N) is 1. The summed E-state index contributed by atoms with van der Waals surface area (Å²) in [4.78, 5) is 11.3. The van der Waals surface area contributed by atoms with E-state index in [1.54, 1.807) is 0 Å². The Kier molecular flexibility index (Phi) is 8.68. The van der Waals surface area contributed by atoms with Crippen LogP contribution >= 0.6 is 0 Å². The third-order valence-electron chi connectivity index (χ3n) is 6.13. The summed E-state index contributed by atoms with van der Waals surface area (Å²) in [6.07, 6.45) is -4.18. The van der Waals surface area contributed by atoms with Crippen LogP contribution < -0.4 is 5.32 Å². The Morgan fingerprint density at radius 2 is 1.88 bits per heavy atom. The Hall–Kier alpha value is -1.53. The van der Waals surface area contributed by atoms with Gasteiger partial charge >= 0.3 is 6.18 Å². The van der Waals surface area contributed by atoms with Crippen LogP contribution in [0.25, 0.3) is 0 Å². The highest BCUT2D eigenvalue weighted by atomic mass is 19.4. The number of alkyl halides is 3. The van der Waals surface area contributed by atoms with Gasteiger partial charge in [-0.1, -0.05) is 20.3 Å². The second-order valence-corrected chi connectivity index (χ2v) is 8.86. The molecule has 3 N–H and O–H groups in total. The Morgan fingerprint density at radius 3 is 2.53 bits per heavy atom. The summed E-state index contributed by atoms with van der Waals surface area (Å²) < 4.78 is 44.2. The predicted octanol–water partition coefficient (Wildman–Crippen LogP) is 1.45. The zero-order valence-electron chi connectivity index (χ0n) is 18.6. The molecule has 0 radical (unpaired) electrons. The summed E-state index contributed by atoms with van der Waals surface area (Å²) in [6, 6.07) is 0.496. The van der Waals surface area contributed by atoms with Crippen LogP contribution in [0.4, 0.5) is 19.0 Å². The first-order chi connectivity index (χ1) is 15.2. The molecule has 2 fully saturated rings. The van der Waals surface area contributed by atoms with Gasteiger partial charge in [0, 0.05) is 45.5 Å². The molecule has 8 nitrogen and oxygen atoms in total. The standard InChI is InChI=1S/C21H34F3N5O3/c1-3-4-14(2)11-28-7-9-29(10-8-28)12-16-19(31)18(30)15(13-32-16)26-17-5-6-25-20(27-17)21(22,23)24/h5-6,14-16,18-19,30-31H,3-4,7-13H2,1-2H3,(H,25,26,27)/t14?,15-,16+,18+,19-/m0/s1. The summed E-state index contributed by atoms with van der Waals surface area (Å²) >= 11 is 0. The lowest BCUT2D eigenvalue weighted by Crippen LogP contribution is -2.59. The van der Waals surface area contributed by atoms with Crippen molar-refractivity contribution in [3.8, 4) is 0 Å². The molecule has 5 atom stereocenters. The van der Waals surface area contributed by atoms with Crippen LogP contribution in [-0.4, -0.2) is 100 Å². The van der Waals surface area contributed by atoms with Crippen LogP contribution in [-0.2, 0) is 10.9 Å². The summed E-state index contributed by atoms with van der Waals surface area (Å²) in [6.45, 7) is 9.75. The first-order valence-corrected chi connectivity index (χ1v) is 11.3. The molecule has 0 aromatic carbocycles. The second-order valence-electron chi connectivity index (χ2n) is 8.86. The second kappa shape index (κ2) is 11.1. The number of rotatable bonds is 8. The fraction of sp³-hybridized carbons (Fsp3) is 0.810. The predicted molar refractivity (Wildman–Crippen MR) is 113 cm³/mol. The lowest BCUT2D eigenvalue weighted by Gasteiger charge is -2.42. The van der Waals surface area contributed by atoms with Crippen molar-refractivity contribution in [2.45, 2.75) is 57.2 Å². The lowest BCUT2D eigenvalue weighted by atomic mass is 9.97. The number of aliphatic hydroxyl groups excluding tert-OH is 2. The van der Waals surface area contributed by atoms with E-state index in [-0.39, 0.29) is 12.4 Å². The van der Waals surface area contributed by atoms with Crippen molar-refractivity contribution < 1.29 is 28.1 Å². The quantitative estimate of drug-likeness (QED) is 0.536. The number of anilines is 1. The number of ether oxygens (including phenoxy) is 1. The van der Waals surface area contributed by atoms with Crippen LogP contribution in [0, 0.1) is 5.92 Å². The van der Waals surface area contributed by atoms with Crippen LogP contribution in [0.15, 0.2) is 12.3 Å². The molecule has 0 amide bonds. The minimum Gasteiger partial charge on any atom is -0.388 e. The molecule has 0 spiro atoms. The van der Waals surface area contributed by atoms with Crippen molar-refractivity contribution in [3.63, 3.8) is 0 Å². The molecule has 3 heterocycles. The van der Waals surface area contributed by atoms with Gasteiger partial charge in [-0.15, -0.1) is 0 Å². The number of aliphatic hydroxyl groups is 2. The van der Waals surface area contributed by atoms with E-state index in [1.807, 2.05) is 0 Å². The SMILES string of the molecule is CCCC(C)CN1CCN(C[C@H]2OC[C@H](Nc3ccnc(C(F)(F)F)n3)[C@@H](O)[C@H]2O)CC1. The largest absolute Gasteiger partial charge is 0.451 e.